The van der Waals surface area contributed by atoms with E-state index < -0.39 is 11.4 Å². The predicted molar refractivity (Wildman–Crippen MR) is 60.4 cm³/mol. The van der Waals surface area contributed by atoms with E-state index in [1.54, 1.807) is 14.0 Å². The lowest BCUT2D eigenvalue weighted by atomic mass is 9.98. The van der Waals surface area contributed by atoms with E-state index in [9.17, 15) is 4.79 Å². The Hall–Kier alpha value is -0.650. The molecule has 0 saturated carbocycles. The molecule has 0 aliphatic carbocycles. The number of rotatable bonds is 7. The number of methoxy groups -OCH3 is 1. The van der Waals surface area contributed by atoms with E-state index in [2.05, 4.69) is 11.8 Å². The van der Waals surface area contributed by atoms with Crippen LogP contribution in [-0.4, -0.2) is 49.7 Å². The summed E-state index contributed by atoms with van der Waals surface area (Å²) in [6, 6.07) is 0.304. The quantitative estimate of drug-likeness (QED) is 0.605. The fourth-order valence-electron chi connectivity index (χ4n) is 1.12. The molecule has 2 atom stereocenters. The van der Waals surface area contributed by atoms with Crippen molar-refractivity contribution in [1.82, 2.24) is 4.90 Å². The third kappa shape index (κ3) is 5.11. The van der Waals surface area contributed by atoms with Gasteiger partial charge in [0.1, 0.15) is 0 Å². The number of nitrogens with zero attached hydrogens (tertiary/aromatic N) is 1. The Morgan fingerprint density at radius 3 is 2.53 bits per heavy atom. The number of carbonyl (C=O) groups is 1. The molecular formula is C10H23N3O2. The summed E-state index contributed by atoms with van der Waals surface area (Å²) in [5.74, 6) is -0.463. The first-order chi connectivity index (χ1) is 6.81. The van der Waals surface area contributed by atoms with E-state index in [1.165, 1.54) is 0 Å². The molecule has 0 spiro atoms. The number of hydrogen-bond acceptors (Lipinski definition) is 4. The second kappa shape index (κ2) is 6.05. The fraction of sp³-hybridized carbons (Fsp3) is 0.900. The molecule has 0 aromatic rings. The third-order valence-corrected chi connectivity index (χ3v) is 2.71. The average molecular weight is 217 g/mol. The van der Waals surface area contributed by atoms with Gasteiger partial charge in [-0.15, -0.1) is 0 Å². The van der Waals surface area contributed by atoms with Crippen molar-refractivity contribution in [1.29, 1.82) is 0 Å². The van der Waals surface area contributed by atoms with Crippen molar-refractivity contribution in [2.75, 3.05) is 27.3 Å². The predicted octanol–water partition coefficient (Wildman–Crippen LogP) is -0.454. The van der Waals surface area contributed by atoms with Crippen LogP contribution in [-0.2, 0) is 9.53 Å². The summed E-state index contributed by atoms with van der Waals surface area (Å²) in [5, 5.41) is 0. The van der Waals surface area contributed by atoms with Crippen molar-refractivity contribution >= 4 is 5.91 Å². The van der Waals surface area contributed by atoms with Gasteiger partial charge >= 0.3 is 0 Å². The molecule has 0 fully saturated rings. The molecule has 0 rings (SSSR count). The van der Waals surface area contributed by atoms with Crippen LogP contribution in [0.15, 0.2) is 0 Å². The van der Waals surface area contributed by atoms with Crippen LogP contribution in [0.2, 0.25) is 0 Å². The lowest BCUT2D eigenvalue weighted by Gasteiger charge is -2.28. The molecule has 1 amide bonds. The van der Waals surface area contributed by atoms with Gasteiger partial charge in [0.05, 0.1) is 12.1 Å². The van der Waals surface area contributed by atoms with Crippen LogP contribution in [0.1, 0.15) is 20.3 Å². The molecule has 5 heteroatoms. The maximum atomic E-state index is 11.0. The molecule has 90 valence electrons. The Kier molecular flexibility index (Phi) is 5.79. The first-order valence-electron chi connectivity index (χ1n) is 5.09. The van der Waals surface area contributed by atoms with E-state index in [0.29, 0.717) is 19.1 Å². The fourth-order valence-corrected chi connectivity index (χ4v) is 1.12. The molecule has 0 bridgehead atoms. The van der Waals surface area contributed by atoms with E-state index in [-0.39, 0.29) is 0 Å². The first-order valence-corrected chi connectivity index (χ1v) is 5.09. The number of hydrogen-bond donors (Lipinski definition) is 2. The lowest BCUT2D eigenvalue weighted by Crippen LogP contribution is -2.51. The van der Waals surface area contributed by atoms with E-state index in [1.807, 2.05) is 7.05 Å². The van der Waals surface area contributed by atoms with Gasteiger partial charge in [-0.2, -0.15) is 0 Å². The van der Waals surface area contributed by atoms with Gasteiger partial charge in [0, 0.05) is 19.7 Å². The second-order valence-electron chi connectivity index (χ2n) is 4.32. The number of amides is 1. The van der Waals surface area contributed by atoms with E-state index >= 15 is 0 Å². The lowest BCUT2D eigenvalue weighted by molar-refractivity contribution is -0.122. The van der Waals surface area contributed by atoms with Crippen molar-refractivity contribution in [3.63, 3.8) is 0 Å². The number of ether oxygens (including phenoxy) is 1. The molecule has 0 aliphatic rings. The Balaban J connectivity index is 3.99. The number of primary amides is 1. The number of carbonyl (C=O) groups excluding carboxylic acids is 1. The molecular weight excluding hydrogens is 194 g/mol. The highest BCUT2D eigenvalue weighted by Gasteiger charge is 2.26. The third-order valence-electron chi connectivity index (χ3n) is 2.71. The monoisotopic (exact) mass is 217 g/mol. The zero-order valence-corrected chi connectivity index (χ0v) is 10.1. The normalized spacial score (nSPS) is 17.5. The largest absolute Gasteiger partial charge is 0.383 e. The zero-order chi connectivity index (χ0) is 12.1. The molecule has 15 heavy (non-hydrogen) atoms. The van der Waals surface area contributed by atoms with Gasteiger partial charge in [0.15, 0.2) is 0 Å². The van der Waals surface area contributed by atoms with Crippen LogP contribution in [0.25, 0.3) is 0 Å². The minimum atomic E-state index is -0.930. The van der Waals surface area contributed by atoms with Crippen molar-refractivity contribution in [2.45, 2.75) is 31.8 Å². The maximum Gasteiger partial charge on any atom is 0.237 e. The summed E-state index contributed by atoms with van der Waals surface area (Å²) in [4.78, 5) is 13.1. The molecule has 0 saturated heterocycles. The van der Waals surface area contributed by atoms with Crippen LogP contribution >= 0.6 is 0 Å². The van der Waals surface area contributed by atoms with Crippen LogP contribution in [0.4, 0.5) is 0 Å². The topological polar surface area (TPSA) is 81.6 Å². The van der Waals surface area contributed by atoms with Crippen molar-refractivity contribution in [2.24, 2.45) is 11.5 Å². The minimum absolute atomic E-state index is 0.304. The summed E-state index contributed by atoms with van der Waals surface area (Å²) in [7, 11) is 3.64. The van der Waals surface area contributed by atoms with Gasteiger partial charge in [-0.05, 0) is 27.3 Å². The SMILES string of the molecule is COCC(C)N(C)CCC(C)(N)C(N)=O. The summed E-state index contributed by atoms with van der Waals surface area (Å²) in [6.45, 7) is 5.10. The highest BCUT2D eigenvalue weighted by molar-refractivity contribution is 5.83. The molecule has 0 aliphatic heterocycles. The number of likely N-dealkylation sites (N-methyl/N-ethyl adjacent to an activating group) is 1. The van der Waals surface area contributed by atoms with Crippen molar-refractivity contribution in [3.05, 3.63) is 0 Å². The van der Waals surface area contributed by atoms with Crippen LogP contribution in [0.5, 0.6) is 0 Å². The summed E-state index contributed by atoms with van der Waals surface area (Å²) >= 11 is 0. The average Bonchev–Trinajstić information content (AvgIpc) is 2.14. The molecule has 0 radical (unpaired) electrons. The van der Waals surface area contributed by atoms with E-state index in [4.69, 9.17) is 16.2 Å². The van der Waals surface area contributed by atoms with Crippen LogP contribution < -0.4 is 11.5 Å². The van der Waals surface area contributed by atoms with Crippen LogP contribution in [0.3, 0.4) is 0 Å². The van der Waals surface area contributed by atoms with Gasteiger partial charge < -0.3 is 21.1 Å². The van der Waals surface area contributed by atoms with Gasteiger partial charge in [-0.25, -0.2) is 0 Å². The van der Waals surface area contributed by atoms with Gasteiger partial charge in [-0.1, -0.05) is 0 Å². The minimum Gasteiger partial charge on any atom is -0.383 e. The second-order valence-corrected chi connectivity index (χ2v) is 4.32. The molecule has 0 aromatic heterocycles. The Bertz CT molecular complexity index is 207. The molecule has 5 nitrogen and oxygen atoms in total. The van der Waals surface area contributed by atoms with Crippen LogP contribution in [0, 0.1) is 0 Å². The summed E-state index contributed by atoms with van der Waals surface area (Å²) in [5.41, 5.74) is 10.0. The van der Waals surface area contributed by atoms with Gasteiger partial charge in [-0.3, -0.25) is 4.79 Å². The van der Waals surface area contributed by atoms with Gasteiger partial charge in [0.25, 0.3) is 0 Å². The Morgan fingerprint density at radius 2 is 2.13 bits per heavy atom. The number of nitrogens with two attached hydrogens (primary N) is 2. The standard InChI is InChI=1S/C10H23N3O2/c1-8(7-15-4)13(3)6-5-10(2,12)9(11)14/h8H,5-7,12H2,1-4H3,(H2,11,14). The smallest absolute Gasteiger partial charge is 0.237 e. The van der Waals surface area contributed by atoms with Crippen molar-refractivity contribution < 1.29 is 9.53 Å². The summed E-state index contributed by atoms with van der Waals surface area (Å²) in [6.07, 6.45) is 0.548. The molecule has 4 N–H and O–H groups in total. The van der Waals surface area contributed by atoms with Gasteiger partial charge in [0.2, 0.25) is 5.91 Å². The highest BCUT2D eigenvalue weighted by Crippen LogP contribution is 2.07. The Labute approximate surface area is 91.7 Å². The highest BCUT2D eigenvalue weighted by atomic mass is 16.5. The first kappa shape index (κ1) is 14.3. The molecule has 2 unspecified atom stereocenters. The molecule has 0 heterocycles. The van der Waals surface area contributed by atoms with E-state index in [0.717, 1.165) is 6.54 Å². The van der Waals surface area contributed by atoms with Crippen molar-refractivity contribution in [3.8, 4) is 0 Å². The molecule has 0 aromatic carbocycles. The zero-order valence-electron chi connectivity index (χ0n) is 10.1. The maximum absolute atomic E-state index is 11.0. The Morgan fingerprint density at radius 1 is 1.60 bits per heavy atom. The summed E-state index contributed by atoms with van der Waals surface area (Å²) < 4.78 is 5.04.